The molecule has 0 unspecified atom stereocenters. The molecule has 0 radical (unpaired) electrons. The van der Waals surface area contributed by atoms with E-state index in [1.165, 1.54) is 0 Å². The first-order valence-corrected chi connectivity index (χ1v) is 9.64. The Labute approximate surface area is 170 Å². The van der Waals surface area contributed by atoms with Crippen LogP contribution in [0.4, 0.5) is 5.69 Å². The fraction of sp³-hybridized carbons (Fsp3) is 0.167. The fourth-order valence-corrected chi connectivity index (χ4v) is 3.16. The van der Waals surface area contributed by atoms with Gasteiger partial charge in [0.25, 0.3) is 11.1 Å². The molecule has 3 rings (SSSR count). The molecule has 0 aliphatic carbocycles. The van der Waals surface area contributed by atoms with E-state index in [1.807, 2.05) is 31.2 Å². The Bertz CT molecular complexity index is 949. The number of ether oxygens (including phenoxy) is 1. The molecule has 3 aromatic rings. The van der Waals surface area contributed by atoms with Gasteiger partial charge in [0.2, 0.25) is 5.91 Å². The number of hydrogen-bond acceptors (Lipinski definition) is 6. The summed E-state index contributed by atoms with van der Waals surface area (Å²) in [5, 5.41) is 11.8. The van der Waals surface area contributed by atoms with Crippen molar-refractivity contribution in [2.24, 2.45) is 0 Å². The molecule has 0 bridgehead atoms. The van der Waals surface area contributed by atoms with E-state index in [4.69, 9.17) is 32.4 Å². The third-order valence-electron chi connectivity index (χ3n) is 3.44. The molecule has 6 nitrogen and oxygen atoms in total. The van der Waals surface area contributed by atoms with Gasteiger partial charge in [-0.25, -0.2) is 0 Å². The Morgan fingerprint density at radius 3 is 2.81 bits per heavy atom. The van der Waals surface area contributed by atoms with Crippen molar-refractivity contribution >= 4 is 46.6 Å². The zero-order valence-corrected chi connectivity index (χ0v) is 16.6. The molecular weight excluding hydrogens is 409 g/mol. The van der Waals surface area contributed by atoms with Gasteiger partial charge < -0.3 is 14.5 Å². The second kappa shape index (κ2) is 9.12. The molecule has 0 atom stereocenters. The van der Waals surface area contributed by atoms with Crippen molar-refractivity contribution in [3.05, 3.63) is 64.0 Å². The number of nitrogens with one attached hydrogen (secondary N) is 1. The minimum absolute atomic E-state index is 0.0598. The van der Waals surface area contributed by atoms with Gasteiger partial charge in [0, 0.05) is 10.7 Å². The van der Waals surface area contributed by atoms with Crippen molar-refractivity contribution in [3.63, 3.8) is 0 Å². The summed E-state index contributed by atoms with van der Waals surface area (Å²) in [6.45, 7) is 1.99. The van der Waals surface area contributed by atoms with Crippen molar-refractivity contribution < 1.29 is 13.9 Å². The first kappa shape index (κ1) is 19.5. The van der Waals surface area contributed by atoms with Crippen molar-refractivity contribution in [1.82, 2.24) is 10.2 Å². The lowest BCUT2D eigenvalue weighted by atomic mass is 10.2. The Morgan fingerprint density at radius 1 is 1.22 bits per heavy atom. The molecule has 0 saturated carbocycles. The molecular formula is C18H15Cl2N3O3S. The quantitative estimate of drug-likeness (QED) is 0.539. The van der Waals surface area contributed by atoms with Gasteiger partial charge in [0.1, 0.15) is 5.75 Å². The lowest BCUT2D eigenvalue weighted by Crippen LogP contribution is -2.14. The lowest BCUT2D eigenvalue weighted by molar-refractivity contribution is -0.113. The van der Waals surface area contributed by atoms with Gasteiger partial charge >= 0.3 is 0 Å². The van der Waals surface area contributed by atoms with Crippen LogP contribution in [0.5, 0.6) is 5.75 Å². The van der Waals surface area contributed by atoms with Crippen LogP contribution in [0.25, 0.3) is 0 Å². The molecule has 1 heterocycles. The maximum Gasteiger partial charge on any atom is 0.277 e. The minimum atomic E-state index is -0.154. The molecule has 0 aliphatic rings. The summed E-state index contributed by atoms with van der Waals surface area (Å²) in [5.74, 6) is 0.743. The summed E-state index contributed by atoms with van der Waals surface area (Å²) in [6, 6.07) is 12.5. The molecule has 9 heteroatoms. The molecule has 0 aliphatic heterocycles. The van der Waals surface area contributed by atoms with Crippen LogP contribution < -0.4 is 10.1 Å². The first-order chi connectivity index (χ1) is 13.0. The molecule has 140 valence electrons. The molecule has 1 amide bonds. The molecule has 0 saturated heterocycles. The van der Waals surface area contributed by atoms with E-state index in [-0.39, 0.29) is 29.4 Å². The summed E-state index contributed by atoms with van der Waals surface area (Å²) in [7, 11) is 0. The van der Waals surface area contributed by atoms with Gasteiger partial charge in [0.05, 0.1) is 10.8 Å². The first-order valence-electron chi connectivity index (χ1n) is 7.90. The Kier molecular flexibility index (Phi) is 6.60. The van der Waals surface area contributed by atoms with Gasteiger partial charge in [0.15, 0.2) is 6.61 Å². The third kappa shape index (κ3) is 5.63. The summed E-state index contributed by atoms with van der Waals surface area (Å²) >= 11 is 13.0. The standard InChI is InChI=1S/C18H15Cl2N3O3S/c1-11-4-2-3-5-14(11)21-16(24)10-27-18-23-22-17(26-18)9-25-15-7-6-12(19)8-13(15)20/h2-8H,9-10H2,1H3,(H,21,24). The van der Waals surface area contributed by atoms with Crippen LogP contribution in [-0.4, -0.2) is 21.9 Å². The van der Waals surface area contributed by atoms with Crippen LogP contribution in [0.2, 0.25) is 10.0 Å². The predicted molar refractivity (Wildman–Crippen MR) is 106 cm³/mol. The highest BCUT2D eigenvalue weighted by Gasteiger charge is 2.12. The van der Waals surface area contributed by atoms with E-state index >= 15 is 0 Å². The summed E-state index contributed by atoms with van der Waals surface area (Å²) < 4.78 is 11.0. The molecule has 0 fully saturated rings. The number of aromatic nitrogens is 2. The minimum Gasteiger partial charge on any atom is -0.482 e. The number of benzene rings is 2. The summed E-state index contributed by atoms with van der Waals surface area (Å²) in [4.78, 5) is 12.0. The molecule has 1 N–H and O–H groups in total. The number of thioether (sulfide) groups is 1. The van der Waals surface area contributed by atoms with Gasteiger partial charge in [-0.15, -0.1) is 10.2 Å². The second-order valence-electron chi connectivity index (χ2n) is 5.48. The second-order valence-corrected chi connectivity index (χ2v) is 7.25. The number of hydrogen-bond donors (Lipinski definition) is 1. The average Bonchev–Trinajstić information content (AvgIpc) is 3.09. The topological polar surface area (TPSA) is 77.2 Å². The Balaban J connectivity index is 1.49. The highest BCUT2D eigenvalue weighted by Crippen LogP contribution is 2.28. The normalized spacial score (nSPS) is 10.6. The van der Waals surface area contributed by atoms with Crippen molar-refractivity contribution in [2.45, 2.75) is 18.8 Å². The van der Waals surface area contributed by atoms with Gasteiger partial charge in [-0.1, -0.05) is 53.2 Å². The van der Waals surface area contributed by atoms with Crippen molar-refractivity contribution in [3.8, 4) is 5.75 Å². The fourth-order valence-electron chi connectivity index (χ4n) is 2.11. The number of carbonyl (C=O) groups excluding carboxylic acids is 1. The van der Waals surface area contributed by atoms with Crippen LogP contribution in [0.1, 0.15) is 11.5 Å². The molecule has 0 spiro atoms. The number of carbonyl (C=O) groups is 1. The number of halogens is 2. The highest BCUT2D eigenvalue weighted by atomic mass is 35.5. The van der Waals surface area contributed by atoms with Gasteiger partial charge in [-0.05, 0) is 36.8 Å². The number of para-hydroxylation sites is 1. The number of aryl methyl sites for hydroxylation is 1. The smallest absolute Gasteiger partial charge is 0.277 e. The van der Waals surface area contributed by atoms with Crippen LogP contribution in [0.3, 0.4) is 0 Å². The Hall–Kier alpha value is -2.22. The van der Waals surface area contributed by atoms with Gasteiger partial charge in [-0.3, -0.25) is 4.79 Å². The summed E-state index contributed by atoms with van der Waals surface area (Å²) in [5.41, 5.74) is 1.77. The number of rotatable bonds is 7. The van der Waals surface area contributed by atoms with E-state index in [1.54, 1.807) is 18.2 Å². The summed E-state index contributed by atoms with van der Waals surface area (Å²) in [6.07, 6.45) is 0. The molecule has 1 aromatic heterocycles. The van der Waals surface area contributed by atoms with Crippen LogP contribution >= 0.6 is 35.0 Å². The van der Waals surface area contributed by atoms with E-state index in [0.29, 0.717) is 15.8 Å². The monoisotopic (exact) mass is 423 g/mol. The maximum atomic E-state index is 12.0. The molecule has 27 heavy (non-hydrogen) atoms. The van der Waals surface area contributed by atoms with Crippen molar-refractivity contribution in [2.75, 3.05) is 11.1 Å². The Morgan fingerprint density at radius 2 is 2.04 bits per heavy atom. The van der Waals surface area contributed by atoms with Crippen molar-refractivity contribution in [1.29, 1.82) is 0 Å². The van der Waals surface area contributed by atoms with Gasteiger partial charge in [-0.2, -0.15) is 0 Å². The van der Waals surface area contributed by atoms with E-state index in [2.05, 4.69) is 15.5 Å². The molecule has 2 aromatic carbocycles. The largest absolute Gasteiger partial charge is 0.482 e. The van der Waals surface area contributed by atoms with E-state index < -0.39 is 0 Å². The van der Waals surface area contributed by atoms with E-state index in [9.17, 15) is 4.79 Å². The third-order valence-corrected chi connectivity index (χ3v) is 4.79. The maximum absolute atomic E-state index is 12.0. The van der Waals surface area contributed by atoms with Crippen LogP contribution in [0, 0.1) is 6.92 Å². The number of anilines is 1. The lowest BCUT2D eigenvalue weighted by Gasteiger charge is -2.06. The predicted octanol–water partition coefficient (Wildman–Crippen LogP) is 4.99. The van der Waals surface area contributed by atoms with E-state index in [0.717, 1.165) is 23.0 Å². The average molecular weight is 424 g/mol. The zero-order valence-electron chi connectivity index (χ0n) is 14.2. The SMILES string of the molecule is Cc1ccccc1NC(=O)CSc1nnc(COc2ccc(Cl)cc2Cl)o1. The highest BCUT2D eigenvalue weighted by molar-refractivity contribution is 7.99. The van der Waals surface area contributed by atoms with Crippen LogP contribution in [-0.2, 0) is 11.4 Å². The number of nitrogens with zero attached hydrogens (tertiary/aromatic N) is 2. The zero-order chi connectivity index (χ0) is 19.2. The number of amides is 1. The van der Waals surface area contributed by atoms with Crippen LogP contribution in [0.15, 0.2) is 52.1 Å².